The highest BCUT2D eigenvalue weighted by molar-refractivity contribution is 7.89. The van der Waals surface area contributed by atoms with Crippen molar-refractivity contribution in [3.05, 3.63) is 103 Å². The van der Waals surface area contributed by atoms with Crippen molar-refractivity contribution in [1.82, 2.24) is 9.73 Å². The van der Waals surface area contributed by atoms with Crippen LogP contribution in [-0.2, 0) is 21.4 Å². The fraction of sp³-hybridized carbons (Fsp3) is 0.0909. The summed E-state index contributed by atoms with van der Waals surface area (Å²) < 4.78 is 27.5. The fourth-order valence-electron chi connectivity index (χ4n) is 2.95. The summed E-state index contributed by atoms with van der Waals surface area (Å²) in [6.07, 6.45) is 1.10. The number of hydrogen-bond donors (Lipinski definition) is 1. The van der Waals surface area contributed by atoms with Gasteiger partial charge in [0.05, 0.1) is 28.1 Å². The molecule has 13 heteroatoms. The predicted molar refractivity (Wildman–Crippen MR) is 134 cm³/mol. The van der Waals surface area contributed by atoms with Gasteiger partial charge in [0.25, 0.3) is 11.6 Å². The quantitative estimate of drug-likeness (QED) is 0.229. The summed E-state index contributed by atoms with van der Waals surface area (Å²) in [5.41, 5.74) is 2.58. The first-order chi connectivity index (χ1) is 16.6. The highest BCUT2D eigenvalue weighted by Gasteiger charge is 2.27. The molecule has 0 fully saturated rings. The summed E-state index contributed by atoms with van der Waals surface area (Å²) >= 11 is 18.0. The molecule has 0 saturated heterocycles. The Kier molecular flexibility index (Phi) is 8.82. The van der Waals surface area contributed by atoms with Crippen molar-refractivity contribution in [2.24, 2.45) is 5.10 Å². The van der Waals surface area contributed by atoms with E-state index in [1.165, 1.54) is 48.5 Å². The molecule has 3 rings (SSSR count). The summed E-state index contributed by atoms with van der Waals surface area (Å²) in [5.74, 6) is -0.776. The Bertz CT molecular complexity index is 1380. The number of rotatable bonds is 9. The molecule has 0 aliphatic carbocycles. The molecule has 3 aromatic carbocycles. The zero-order chi connectivity index (χ0) is 25.6. The van der Waals surface area contributed by atoms with E-state index in [-0.39, 0.29) is 27.7 Å². The largest absolute Gasteiger partial charge is 0.278 e. The second-order valence-electron chi connectivity index (χ2n) is 7.07. The lowest BCUT2D eigenvalue weighted by Gasteiger charge is -2.22. The summed E-state index contributed by atoms with van der Waals surface area (Å²) in [6, 6.07) is 15.8. The lowest BCUT2D eigenvalue weighted by Crippen LogP contribution is -2.39. The Morgan fingerprint density at radius 1 is 1.03 bits per heavy atom. The number of benzene rings is 3. The van der Waals surface area contributed by atoms with Crippen LogP contribution in [0.4, 0.5) is 5.69 Å². The highest BCUT2D eigenvalue weighted by Crippen LogP contribution is 2.25. The van der Waals surface area contributed by atoms with Crippen LogP contribution < -0.4 is 5.43 Å². The minimum Gasteiger partial charge on any atom is -0.272 e. The topological polar surface area (TPSA) is 122 Å². The van der Waals surface area contributed by atoms with Crippen LogP contribution in [0, 0.1) is 10.1 Å². The van der Waals surface area contributed by atoms with Gasteiger partial charge in [0.15, 0.2) is 0 Å². The number of nitro benzene ring substituents is 1. The third-order valence-electron chi connectivity index (χ3n) is 4.66. The first-order valence-corrected chi connectivity index (χ1v) is 12.4. The van der Waals surface area contributed by atoms with E-state index in [2.05, 4.69) is 10.5 Å². The molecule has 0 radical (unpaired) electrons. The molecule has 0 bridgehead atoms. The second-order valence-corrected chi connectivity index (χ2v) is 10.3. The SMILES string of the molecule is O=C(CN(Cc1ccc(Cl)cc1Cl)S(=O)(=O)c1ccc(Cl)cc1)N/N=C\c1ccccc1[N+](=O)[O-]. The number of carbonyl (C=O) groups excluding carboxylic acids is 1. The van der Waals surface area contributed by atoms with Gasteiger partial charge in [-0.05, 0) is 48.0 Å². The van der Waals surface area contributed by atoms with Gasteiger partial charge in [-0.3, -0.25) is 14.9 Å². The van der Waals surface area contributed by atoms with Crippen LogP contribution in [0.2, 0.25) is 15.1 Å². The van der Waals surface area contributed by atoms with Gasteiger partial charge < -0.3 is 0 Å². The van der Waals surface area contributed by atoms with Crippen molar-refractivity contribution in [2.75, 3.05) is 6.54 Å². The molecule has 0 unspecified atom stereocenters. The van der Waals surface area contributed by atoms with Gasteiger partial charge in [0.2, 0.25) is 10.0 Å². The number of nitro groups is 1. The minimum atomic E-state index is -4.15. The number of nitrogens with one attached hydrogen (secondary N) is 1. The molecule has 1 amide bonds. The van der Waals surface area contributed by atoms with Crippen molar-refractivity contribution in [3.8, 4) is 0 Å². The molecule has 35 heavy (non-hydrogen) atoms. The number of nitrogens with zero attached hydrogens (tertiary/aromatic N) is 3. The van der Waals surface area contributed by atoms with E-state index < -0.39 is 27.4 Å². The van der Waals surface area contributed by atoms with Gasteiger partial charge in [-0.25, -0.2) is 13.8 Å². The number of sulfonamides is 1. The van der Waals surface area contributed by atoms with Crippen LogP contribution in [0.5, 0.6) is 0 Å². The number of para-hydroxylation sites is 1. The second kappa shape index (κ2) is 11.6. The van der Waals surface area contributed by atoms with Gasteiger partial charge in [-0.15, -0.1) is 0 Å². The monoisotopic (exact) mass is 554 g/mol. The Morgan fingerprint density at radius 3 is 2.34 bits per heavy atom. The summed E-state index contributed by atoms with van der Waals surface area (Å²) in [7, 11) is -4.15. The van der Waals surface area contributed by atoms with Crippen molar-refractivity contribution in [3.63, 3.8) is 0 Å². The normalized spacial score (nSPS) is 11.7. The number of hydrazone groups is 1. The van der Waals surface area contributed by atoms with Gasteiger partial charge >= 0.3 is 0 Å². The standard InChI is InChI=1S/C22H17Cl3N4O5S/c23-17-7-9-19(10-8-17)35(33,34)28(13-16-5-6-18(24)11-20(16)25)14-22(30)27-26-12-15-3-1-2-4-21(15)29(31)32/h1-12H,13-14H2,(H,27,30)/b26-12-. The molecule has 0 atom stereocenters. The Balaban J connectivity index is 1.84. The van der Waals surface area contributed by atoms with Crippen molar-refractivity contribution in [1.29, 1.82) is 0 Å². The Hall–Kier alpha value is -3.02. The fourth-order valence-corrected chi connectivity index (χ4v) is 4.92. The Labute approximate surface area is 216 Å². The molecule has 0 aromatic heterocycles. The van der Waals surface area contributed by atoms with E-state index in [1.54, 1.807) is 18.2 Å². The van der Waals surface area contributed by atoms with Crippen LogP contribution in [0.25, 0.3) is 0 Å². The van der Waals surface area contributed by atoms with Crippen molar-refractivity contribution in [2.45, 2.75) is 11.4 Å². The number of halogens is 3. The molecule has 0 aliphatic rings. The molecular formula is C22H17Cl3N4O5S. The van der Waals surface area contributed by atoms with Crippen LogP contribution in [0.1, 0.15) is 11.1 Å². The van der Waals surface area contributed by atoms with E-state index in [4.69, 9.17) is 34.8 Å². The number of hydrogen-bond acceptors (Lipinski definition) is 6. The highest BCUT2D eigenvalue weighted by atomic mass is 35.5. The average Bonchev–Trinajstić information content (AvgIpc) is 2.80. The van der Waals surface area contributed by atoms with Crippen LogP contribution in [-0.4, -0.2) is 36.3 Å². The molecular weight excluding hydrogens is 539 g/mol. The first kappa shape index (κ1) is 26.6. The molecule has 3 aromatic rings. The third kappa shape index (κ3) is 7.00. The van der Waals surface area contributed by atoms with Crippen molar-refractivity contribution >= 4 is 62.6 Å². The number of amides is 1. The Morgan fingerprint density at radius 2 is 1.69 bits per heavy atom. The molecule has 0 aliphatic heterocycles. The third-order valence-corrected chi connectivity index (χ3v) is 7.30. The minimum absolute atomic E-state index is 0.0804. The van der Waals surface area contributed by atoms with E-state index >= 15 is 0 Å². The van der Waals surface area contributed by atoms with Gasteiger partial charge in [0, 0.05) is 27.7 Å². The van der Waals surface area contributed by atoms with E-state index in [9.17, 15) is 23.3 Å². The molecule has 0 spiro atoms. The van der Waals surface area contributed by atoms with Crippen LogP contribution in [0.15, 0.2) is 76.7 Å². The molecule has 1 N–H and O–H groups in total. The van der Waals surface area contributed by atoms with Gasteiger partial charge in [0.1, 0.15) is 0 Å². The van der Waals surface area contributed by atoms with Crippen LogP contribution in [0.3, 0.4) is 0 Å². The molecule has 0 saturated carbocycles. The number of carbonyl (C=O) groups is 1. The maximum Gasteiger partial charge on any atom is 0.278 e. The van der Waals surface area contributed by atoms with E-state index in [1.807, 2.05) is 0 Å². The lowest BCUT2D eigenvalue weighted by atomic mass is 10.2. The van der Waals surface area contributed by atoms with E-state index in [0.29, 0.717) is 15.6 Å². The average molecular weight is 556 g/mol. The van der Waals surface area contributed by atoms with Gasteiger partial charge in [-0.2, -0.15) is 9.41 Å². The molecule has 9 nitrogen and oxygen atoms in total. The zero-order valence-electron chi connectivity index (χ0n) is 17.8. The lowest BCUT2D eigenvalue weighted by molar-refractivity contribution is -0.385. The maximum atomic E-state index is 13.3. The predicted octanol–water partition coefficient (Wildman–Crippen LogP) is 4.90. The first-order valence-electron chi connectivity index (χ1n) is 9.83. The van der Waals surface area contributed by atoms with E-state index in [0.717, 1.165) is 10.5 Å². The zero-order valence-corrected chi connectivity index (χ0v) is 20.9. The molecule has 182 valence electrons. The van der Waals surface area contributed by atoms with Crippen LogP contribution >= 0.6 is 34.8 Å². The van der Waals surface area contributed by atoms with Gasteiger partial charge in [-0.1, -0.05) is 53.0 Å². The summed E-state index contributed by atoms with van der Waals surface area (Å²) in [5, 5.41) is 15.8. The smallest absolute Gasteiger partial charge is 0.272 e. The summed E-state index contributed by atoms with van der Waals surface area (Å²) in [4.78, 5) is 23.0. The van der Waals surface area contributed by atoms with Crippen molar-refractivity contribution < 1.29 is 18.1 Å². The molecule has 0 heterocycles. The summed E-state index contributed by atoms with van der Waals surface area (Å²) in [6.45, 7) is -0.847. The maximum absolute atomic E-state index is 13.3.